The minimum Gasteiger partial charge on any atom is -0.322 e. The number of carbonyl (C=O) groups is 3. The zero-order valence-electron chi connectivity index (χ0n) is 13.8. The molecule has 3 aliphatic rings. The quantitative estimate of drug-likeness (QED) is 0.640. The maximum absolute atomic E-state index is 12.7. The summed E-state index contributed by atoms with van der Waals surface area (Å²) in [5, 5.41) is 2.33. The molecule has 0 spiro atoms. The van der Waals surface area contributed by atoms with E-state index < -0.39 is 6.04 Å². The molecular weight excluding hydrogens is 337 g/mol. The van der Waals surface area contributed by atoms with Crippen LogP contribution in [-0.4, -0.2) is 46.4 Å². The van der Waals surface area contributed by atoms with Crippen molar-refractivity contribution in [2.75, 3.05) is 13.1 Å². The lowest BCUT2D eigenvalue weighted by molar-refractivity contribution is -0.136. The molecule has 1 fully saturated rings. The number of hydrogen-bond acceptors (Lipinski definition) is 4. The molecule has 3 amide bonds. The van der Waals surface area contributed by atoms with Crippen LogP contribution in [0.5, 0.6) is 0 Å². The fourth-order valence-electron chi connectivity index (χ4n) is 3.72. The molecule has 4 rings (SSSR count). The fourth-order valence-corrected chi connectivity index (χ4v) is 3.96. The van der Waals surface area contributed by atoms with Crippen molar-refractivity contribution in [3.05, 3.63) is 41.0 Å². The Morgan fingerprint density at radius 1 is 1.16 bits per heavy atom. The van der Waals surface area contributed by atoms with Crippen LogP contribution < -0.4 is 5.32 Å². The molecule has 2 atom stereocenters. The zero-order chi connectivity index (χ0) is 17.6. The largest absolute Gasteiger partial charge is 0.322 e. The van der Waals surface area contributed by atoms with Gasteiger partial charge >= 0.3 is 0 Å². The Labute approximate surface area is 148 Å². The van der Waals surface area contributed by atoms with Crippen molar-refractivity contribution in [3.8, 4) is 0 Å². The third-order valence-electron chi connectivity index (χ3n) is 5.13. The van der Waals surface area contributed by atoms with Crippen molar-refractivity contribution < 1.29 is 14.4 Å². The molecular formula is C18H20N3O3P. The second kappa shape index (κ2) is 6.36. The molecule has 1 aromatic carbocycles. The molecule has 0 bridgehead atoms. The Hall–Kier alpha value is -2.04. The van der Waals surface area contributed by atoms with Crippen molar-refractivity contribution in [1.82, 2.24) is 14.9 Å². The van der Waals surface area contributed by atoms with Crippen LogP contribution in [0.3, 0.4) is 0 Å². The van der Waals surface area contributed by atoms with Crippen LogP contribution in [-0.2, 0) is 16.1 Å². The fraction of sp³-hybridized carbons (Fsp3) is 0.389. The van der Waals surface area contributed by atoms with Gasteiger partial charge in [-0.1, -0.05) is 21.5 Å². The van der Waals surface area contributed by atoms with Crippen LogP contribution >= 0.6 is 9.39 Å². The summed E-state index contributed by atoms with van der Waals surface area (Å²) in [6.07, 6.45) is 3.87. The number of benzene rings is 1. The van der Waals surface area contributed by atoms with Gasteiger partial charge in [0.15, 0.2) is 0 Å². The third-order valence-corrected chi connectivity index (χ3v) is 5.60. The maximum Gasteiger partial charge on any atom is 0.255 e. The van der Waals surface area contributed by atoms with Crippen molar-refractivity contribution >= 4 is 32.7 Å². The van der Waals surface area contributed by atoms with E-state index in [1.165, 1.54) is 5.57 Å². The monoisotopic (exact) mass is 357 g/mol. The Kier molecular flexibility index (Phi) is 4.18. The van der Waals surface area contributed by atoms with Gasteiger partial charge in [0.25, 0.3) is 5.91 Å². The minimum atomic E-state index is -0.555. The van der Waals surface area contributed by atoms with Crippen LogP contribution in [0.2, 0.25) is 0 Å². The summed E-state index contributed by atoms with van der Waals surface area (Å²) < 4.78 is 2.19. The summed E-state index contributed by atoms with van der Waals surface area (Å²) in [5.74, 6) is -0.752. The molecule has 1 saturated heterocycles. The molecule has 3 heterocycles. The molecule has 25 heavy (non-hydrogen) atoms. The van der Waals surface area contributed by atoms with Gasteiger partial charge in [-0.15, -0.1) is 0 Å². The van der Waals surface area contributed by atoms with Gasteiger partial charge in [0.05, 0.1) is 0 Å². The molecule has 0 saturated carbocycles. The first-order chi connectivity index (χ1) is 12.0. The summed E-state index contributed by atoms with van der Waals surface area (Å²) >= 11 is 0. The second-order valence-electron chi connectivity index (χ2n) is 6.75. The van der Waals surface area contributed by atoms with E-state index in [0.717, 1.165) is 30.6 Å². The predicted molar refractivity (Wildman–Crippen MR) is 96.4 cm³/mol. The lowest BCUT2D eigenvalue weighted by Gasteiger charge is -2.29. The molecule has 1 aromatic rings. The number of piperidine rings is 1. The van der Waals surface area contributed by atoms with E-state index >= 15 is 0 Å². The van der Waals surface area contributed by atoms with Gasteiger partial charge in [0, 0.05) is 31.6 Å². The third kappa shape index (κ3) is 3.00. The Morgan fingerprint density at radius 2 is 2.00 bits per heavy atom. The average molecular weight is 357 g/mol. The van der Waals surface area contributed by atoms with E-state index in [1.54, 1.807) is 4.90 Å². The number of imide groups is 1. The van der Waals surface area contributed by atoms with Crippen molar-refractivity contribution in [3.63, 3.8) is 0 Å². The molecule has 0 radical (unpaired) electrons. The first-order valence-corrected chi connectivity index (χ1v) is 9.01. The van der Waals surface area contributed by atoms with Gasteiger partial charge in [0.2, 0.25) is 11.8 Å². The summed E-state index contributed by atoms with van der Waals surface area (Å²) in [7, 11) is 2.72. The molecule has 7 heteroatoms. The van der Waals surface area contributed by atoms with Crippen molar-refractivity contribution in [1.29, 1.82) is 0 Å². The molecule has 1 N–H and O–H groups in total. The summed E-state index contributed by atoms with van der Waals surface area (Å²) in [5.41, 5.74) is 4.07. The van der Waals surface area contributed by atoms with Gasteiger partial charge in [-0.3, -0.25) is 24.4 Å². The molecule has 0 aliphatic carbocycles. The summed E-state index contributed by atoms with van der Waals surface area (Å²) in [6, 6.07) is 5.38. The molecule has 130 valence electrons. The number of rotatable bonds is 2. The van der Waals surface area contributed by atoms with Crippen molar-refractivity contribution in [2.45, 2.75) is 31.8 Å². The molecule has 0 aromatic heterocycles. The normalized spacial score (nSPS) is 24.2. The van der Waals surface area contributed by atoms with Gasteiger partial charge < -0.3 is 4.90 Å². The number of amides is 3. The van der Waals surface area contributed by atoms with E-state index in [0.29, 0.717) is 18.5 Å². The van der Waals surface area contributed by atoms with E-state index in [2.05, 4.69) is 31.5 Å². The average Bonchev–Trinajstić information content (AvgIpc) is 2.92. The standard InChI is InChI=1S/C18H20N3O3P/c22-16-4-3-15(17(23)19-16)21-10-13-9-12(1-2-14(13)18(21)24)11-5-7-20(25)8-6-11/h1-2,5,9,15H,3-4,6-8,10,25H2,(H,19,22,23). The Balaban J connectivity index is 1.57. The smallest absolute Gasteiger partial charge is 0.255 e. The van der Waals surface area contributed by atoms with Gasteiger partial charge in [-0.05, 0) is 41.7 Å². The van der Waals surface area contributed by atoms with Crippen LogP contribution in [0.15, 0.2) is 24.3 Å². The topological polar surface area (TPSA) is 69.7 Å². The highest BCUT2D eigenvalue weighted by Gasteiger charge is 2.39. The highest BCUT2D eigenvalue weighted by atomic mass is 31.0. The molecule has 3 aliphatic heterocycles. The number of nitrogens with one attached hydrogen (secondary N) is 1. The number of fused-ring (bicyclic) bond motifs is 1. The number of hydrogen-bond donors (Lipinski definition) is 1. The lowest BCUT2D eigenvalue weighted by Crippen LogP contribution is -2.52. The first-order valence-electron chi connectivity index (χ1n) is 8.49. The molecule has 6 nitrogen and oxygen atoms in total. The SMILES string of the molecule is O=C1CCC(N2Cc3cc(C4=CCN(P)CC4)ccc3C2=O)C(=O)N1. The second-order valence-corrected chi connectivity index (χ2v) is 7.48. The highest BCUT2D eigenvalue weighted by molar-refractivity contribution is 7.13. The number of nitrogens with zero attached hydrogens (tertiary/aromatic N) is 2. The van der Waals surface area contributed by atoms with E-state index in [4.69, 9.17) is 0 Å². The Bertz CT molecular complexity index is 805. The van der Waals surface area contributed by atoms with Crippen molar-refractivity contribution in [2.24, 2.45) is 0 Å². The zero-order valence-corrected chi connectivity index (χ0v) is 15.0. The minimum absolute atomic E-state index is 0.121. The highest BCUT2D eigenvalue weighted by Crippen LogP contribution is 2.31. The van der Waals surface area contributed by atoms with Gasteiger partial charge in [-0.2, -0.15) is 0 Å². The summed E-state index contributed by atoms with van der Waals surface area (Å²) in [4.78, 5) is 37.7. The summed E-state index contributed by atoms with van der Waals surface area (Å²) in [6.45, 7) is 2.32. The van der Waals surface area contributed by atoms with Crippen LogP contribution in [0.25, 0.3) is 5.57 Å². The van der Waals surface area contributed by atoms with Crippen LogP contribution in [0, 0.1) is 0 Å². The van der Waals surface area contributed by atoms with Crippen LogP contribution in [0.4, 0.5) is 0 Å². The lowest BCUT2D eigenvalue weighted by atomic mass is 9.97. The predicted octanol–water partition coefficient (Wildman–Crippen LogP) is 1.33. The van der Waals surface area contributed by atoms with E-state index in [-0.39, 0.29) is 24.1 Å². The van der Waals surface area contributed by atoms with Gasteiger partial charge in [-0.25, -0.2) is 0 Å². The maximum atomic E-state index is 12.7. The Morgan fingerprint density at radius 3 is 2.72 bits per heavy atom. The van der Waals surface area contributed by atoms with E-state index in [9.17, 15) is 14.4 Å². The van der Waals surface area contributed by atoms with Crippen LogP contribution in [0.1, 0.15) is 40.7 Å². The van der Waals surface area contributed by atoms with E-state index in [1.807, 2.05) is 12.1 Å². The number of carbonyl (C=O) groups excluding carboxylic acids is 3. The molecule has 2 unspecified atom stereocenters. The van der Waals surface area contributed by atoms with Gasteiger partial charge in [0.1, 0.15) is 6.04 Å². The first kappa shape index (κ1) is 16.4.